The molecule has 0 aromatic heterocycles. The average molecular weight is 361 g/mol. The number of carbonyl (C=O) groups excluding carboxylic acids is 2. The molecule has 2 aromatic carbocycles. The lowest BCUT2D eigenvalue weighted by Gasteiger charge is -2.30. The zero-order chi connectivity index (χ0) is 18.4. The van der Waals surface area contributed by atoms with E-state index in [4.69, 9.17) is 21.1 Å². The van der Waals surface area contributed by atoms with Crippen molar-refractivity contribution in [1.29, 1.82) is 0 Å². The first kappa shape index (κ1) is 19.0. The van der Waals surface area contributed by atoms with Crippen molar-refractivity contribution in [2.24, 2.45) is 0 Å². The molecule has 132 valence electrons. The zero-order valence-corrected chi connectivity index (χ0v) is 15.3. The second-order valence-corrected chi connectivity index (χ2v) is 6.37. The van der Waals surface area contributed by atoms with E-state index in [1.54, 1.807) is 44.2 Å². The highest BCUT2D eigenvalue weighted by Gasteiger charge is 2.34. The number of carbonyl (C=O) groups is 2. The third-order valence-corrected chi connectivity index (χ3v) is 3.90. The van der Waals surface area contributed by atoms with Gasteiger partial charge >= 0.3 is 5.97 Å². The molecule has 0 saturated heterocycles. The molecule has 0 aliphatic heterocycles. The highest BCUT2D eigenvalue weighted by Crippen LogP contribution is 2.26. The van der Waals surface area contributed by atoms with E-state index in [1.165, 1.54) is 0 Å². The van der Waals surface area contributed by atoms with E-state index in [0.717, 1.165) is 5.56 Å². The van der Waals surface area contributed by atoms with E-state index in [-0.39, 0.29) is 18.6 Å². The van der Waals surface area contributed by atoms with Gasteiger partial charge in [-0.25, -0.2) is 0 Å². The van der Waals surface area contributed by atoms with Gasteiger partial charge in [0.25, 0.3) is 5.79 Å². The Hall–Kier alpha value is -2.33. The first-order valence-electron chi connectivity index (χ1n) is 8.08. The summed E-state index contributed by atoms with van der Waals surface area (Å²) in [5.41, 5.74) is 1.29. The van der Waals surface area contributed by atoms with Gasteiger partial charge in [-0.1, -0.05) is 36.7 Å². The minimum atomic E-state index is -1.39. The number of halogens is 1. The van der Waals surface area contributed by atoms with Crippen molar-refractivity contribution in [3.8, 4) is 5.75 Å². The number of para-hydroxylation sites is 1. The summed E-state index contributed by atoms with van der Waals surface area (Å²) in [5.74, 6) is -1.48. The van der Waals surface area contributed by atoms with E-state index in [1.807, 2.05) is 25.1 Å². The molecule has 0 N–H and O–H groups in total. The molecule has 4 nitrogen and oxygen atoms in total. The SMILES string of the molecule is CCC(=O)OC(C)(CC(=O)c1ccc(Cl)cc1C)Oc1ccccc1. The fourth-order valence-corrected chi connectivity index (χ4v) is 2.70. The summed E-state index contributed by atoms with van der Waals surface area (Å²) in [4.78, 5) is 24.6. The lowest BCUT2D eigenvalue weighted by molar-refractivity contribution is -0.190. The Morgan fingerprint density at radius 3 is 2.40 bits per heavy atom. The number of benzene rings is 2. The lowest BCUT2D eigenvalue weighted by atomic mass is 9.99. The standard InChI is InChI=1S/C20H21ClO4/c1-4-19(23)25-20(3,24-16-8-6-5-7-9-16)13-18(22)17-11-10-15(21)12-14(17)2/h5-12H,4,13H2,1-3H3. The number of ether oxygens (including phenoxy) is 2. The van der Waals surface area contributed by atoms with Gasteiger partial charge in [0.05, 0.1) is 6.42 Å². The number of Topliss-reactive ketones (excluding diaryl/α,β-unsaturated/α-hetero) is 1. The largest absolute Gasteiger partial charge is 0.452 e. The third kappa shape index (κ3) is 5.33. The van der Waals surface area contributed by atoms with Gasteiger partial charge in [0.2, 0.25) is 0 Å². The Balaban J connectivity index is 2.25. The Kier molecular flexibility index (Phi) is 6.21. The summed E-state index contributed by atoms with van der Waals surface area (Å²) in [6, 6.07) is 14.0. The number of hydrogen-bond donors (Lipinski definition) is 0. The van der Waals surface area contributed by atoms with Crippen LogP contribution in [0, 0.1) is 6.92 Å². The molecular formula is C20H21ClO4. The van der Waals surface area contributed by atoms with E-state index < -0.39 is 11.8 Å². The van der Waals surface area contributed by atoms with Crippen LogP contribution < -0.4 is 4.74 Å². The van der Waals surface area contributed by atoms with Crippen molar-refractivity contribution < 1.29 is 19.1 Å². The molecule has 0 heterocycles. The van der Waals surface area contributed by atoms with Crippen molar-refractivity contribution in [2.45, 2.75) is 39.4 Å². The first-order valence-corrected chi connectivity index (χ1v) is 8.46. The van der Waals surface area contributed by atoms with E-state index in [0.29, 0.717) is 16.3 Å². The normalized spacial score (nSPS) is 13.0. The highest BCUT2D eigenvalue weighted by molar-refractivity contribution is 6.30. The zero-order valence-electron chi connectivity index (χ0n) is 14.5. The topological polar surface area (TPSA) is 52.6 Å². The summed E-state index contributed by atoms with van der Waals surface area (Å²) in [6.45, 7) is 5.10. The van der Waals surface area contributed by atoms with Crippen molar-refractivity contribution in [3.05, 3.63) is 64.7 Å². The molecule has 1 atom stereocenters. The number of hydrogen-bond acceptors (Lipinski definition) is 4. The van der Waals surface area contributed by atoms with Crippen LogP contribution in [0.2, 0.25) is 5.02 Å². The predicted octanol–water partition coefficient (Wildman–Crippen LogP) is 4.97. The summed E-state index contributed by atoms with van der Waals surface area (Å²) in [5, 5.41) is 0.565. The Morgan fingerprint density at radius 1 is 1.12 bits per heavy atom. The molecule has 0 aliphatic carbocycles. The van der Waals surface area contributed by atoms with Gasteiger partial charge in [-0.3, -0.25) is 9.59 Å². The maximum absolute atomic E-state index is 12.7. The van der Waals surface area contributed by atoms with E-state index in [9.17, 15) is 9.59 Å². The minimum Gasteiger partial charge on any atom is -0.452 e. The van der Waals surface area contributed by atoms with Crippen LogP contribution in [0.1, 0.15) is 42.6 Å². The fraction of sp³-hybridized carbons (Fsp3) is 0.300. The molecule has 2 aromatic rings. The molecule has 0 radical (unpaired) electrons. The van der Waals surface area contributed by atoms with Gasteiger partial charge in [-0.2, -0.15) is 0 Å². The first-order chi connectivity index (χ1) is 11.8. The molecule has 0 amide bonds. The van der Waals surface area contributed by atoms with Crippen molar-refractivity contribution in [3.63, 3.8) is 0 Å². The minimum absolute atomic E-state index is 0.101. The lowest BCUT2D eigenvalue weighted by Crippen LogP contribution is -2.40. The van der Waals surface area contributed by atoms with Gasteiger partial charge in [-0.05, 0) is 42.8 Å². The molecule has 2 rings (SSSR count). The van der Waals surface area contributed by atoms with Gasteiger partial charge in [0.1, 0.15) is 5.75 Å². The summed E-state index contributed by atoms with van der Waals surface area (Å²) < 4.78 is 11.3. The molecule has 0 spiro atoms. The van der Waals surface area contributed by atoms with Crippen LogP contribution in [-0.4, -0.2) is 17.5 Å². The quantitative estimate of drug-likeness (QED) is 0.397. The third-order valence-electron chi connectivity index (χ3n) is 3.67. The molecule has 0 aliphatic rings. The van der Waals surface area contributed by atoms with Crippen molar-refractivity contribution in [2.75, 3.05) is 0 Å². The van der Waals surface area contributed by atoms with Crippen LogP contribution in [0.4, 0.5) is 0 Å². The van der Waals surface area contributed by atoms with E-state index >= 15 is 0 Å². The van der Waals surface area contributed by atoms with Crippen LogP contribution >= 0.6 is 11.6 Å². The number of ketones is 1. The van der Waals surface area contributed by atoms with Crippen LogP contribution in [0.5, 0.6) is 5.75 Å². The van der Waals surface area contributed by atoms with Gasteiger partial charge in [-0.15, -0.1) is 0 Å². The second kappa shape index (κ2) is 8.17. The van der Waals surface area contributed by atoms with Crippen molar-refractivity contribution in [1.82, 2.24) is 0 Å². The predicted molar refractivity (Wildman–Crippen MR) is 97.0 cm³/mol. The Labute approximate surface area is 152 Å². The smallest absolute Gasteiger partial charge is 0.308 e. The maximum Gasteiger partial charge on any atom is 0.308 e. The summed E-state index contributed by atoms with van der Waals surface area (Å²) in [7, 11) is 0. The molecule has 5 heteroatoms. The summed E-state index contributed by atoms with van der Waals surface area (Å²) >= 11 is 5.94. The molecule has 25 heavy (non-hydrogen) atoms. The second-order valence-electron chi connectivity index (χ2n) is 5.94. The molecule has 0 saturated carbocycles. The Bertz CT molecular complexity index is 758. The van der Waals surface area contributed by atoms with Crippen LogP contribution in [0.25, 0.3) is 0 Å². The van der Waals surface area contributed by atoms with Gasteiger partial charge in [0.15, 0.2) is 5.78 Å². The van der Waals surface area contributed by atoms with Crippen LogP contribution in [0.3, 0.4) is 0 Å². The summed E-state index contributed by atoms with van der Waals surface area (Å²) in [6.07, 6.45) is 0.0952. The highest BCUT2D eigenvalue weighted by atomic mass is 35.5. The van der Waals surface area contributed by atoms with Gasteiger partial charge < -0.3 is 9.47 Å². The molecule has 0 bridgehead atoms. The monoisotopic (exact) mass is 360 g/mol. The fourth-order valence-electron chi connectivity index (χ4n) is 2.47. The Morgan fingerprint density at radius 2 is 1.80 bits per heavy atom. The number of aryl methyl sites for hydroxylation is 1. The van der Waals surface area contributed by atoms with Crippen LogP contribution in [0.15, 0.2) is 48.5 Å². The maximum atomic E-state index is 12.7. The molecule has 0 fully saturated rings. The number of rotatable bonds is 7. The van der Waals surface area contributed by atoms with Gasteiger partial charge in [0, 0.05) is 23.9 Å². The molecule has 1 unspecified atom stereocenters. The average Bonchev–Trinajstić information content (AvgIpc) is 2.54. The van der Waals surface area contributed by atoms with Crippen LogP contribution in [-0.2, 0) is 9.53 Å². The van der Waals surface area contributed by atoms with E-state index in [2.05, 4.69) is 0 Å². The van der Waals surface area contributed by atoms with Crippen molar-refractivity contribution >= 4 is 23.4 Å². The molecular weight excluding hydrogens is 340 g/mol. The number of esters is 1.